The Morgan fingerprint density at radius 1 is 0.645 bits per heavy atom. The number of benzene rings is 2. The minimum Gasteiger partial charge on any atom is -0.114 e. The lowest BCUT2D eigenvalue weighted by Gasteiger charge is -2.35. The summed E-state index contributed by atoms with van der Waals surface area (Å²) in [6.07, 6.45) is 0. The van der Waals surface area contributed by atoms with E-state index in [-0.39, 0.29) is 0 Å². The minimum absolute atomic E-state index is 0.307. The van der Waals surface area contributed by atoms with E-state index < -0.39 is 8.99 Å². The number of halogens is 2. The molecule has 162 valence electrons. The maximum Gasteiger partial charge on any atom is 0.118 e. The fourth-order valence-electron chi connectivity index (χ4n) is 5.37. The third-order valence-corrected chi connectivity index (χ3v) is 11.0. The average molecular weight is 468 g/mol. The van der Waals surface area contributed by atoms with Crippen LogP contribution in [0.15, 0.2) is 47.5 Å². The van der Waals surface area contributed by atoms with Crippen LogP contribution in [-0.4, -0.2) is 9.52 Å². The van der Waals surface area contributed by atoms with Crippen LogP contribution in [0.2, 0.25) is 0 Å². The SMILES string of the molecule is CC1=C(C)C(Cl)([Si]C2(Cl)C(C)=C(C)c3c(C(C)C)cccc32)c2cccc(C(C)C)c21. The molecule has 4 rings (SSSR count). The zero-order valence-corrected chi connectivity index (χ0v) is 22.4. The second kappa shape index (κ2) is 7.65. The van der Waals surface area contributed by atoms with Crippen LogP contribution in [0.1, 0.15) is 101 Å². The summed E-state index contributed by atoms with van der Waals surface area (Å²) >= 11 is 15.2. The quantitative estimate of drug-likeness (QED) is 0.311. The monoisotopic (exact) mass is 466 g/mol. The summed E-state index contributed by atoms with van der Waals surface area (Å²) in [5.41, 5.74) is 13.0. The average Bonchev–Trinajstić information content (AvgIpc) is 3.04. The number of rotatable bonds is 4. The van der Waals surface area contributed by atoms with Crippen molar-refractivity contribution < 1.29 is 0 Å². The Balaban J connectivity index is 1.91. The summed E-state index contributed by atoms with van der Waals surface area (Å²) in [6, 6.07) is 13.3. The molecule has 0 N–H and O–H groups in total. The van der Waals surface area contributed by atoms with Crippen molar-refractivity contribution in [2.75, 3.05) is 0 Å². The topological polar surface area (TPSA) is 0 Å². The lowest BCUT2D eigenvalue weighted by atomic mass is 9.92. The van der Waals surface area contributed by atoms with E-state index in [4.69, 9.17) is 23.2 Å². The van der Waals surface area contributed by atoms with E-state index >= 15 is 0 Å². The number of alkyl halides is 2. The summed E-state index contributed by atoms with van der Waals surface area (Å²) in [5.74, 6) is 0.907. The van der Waals surface area contributed by atoms with Gasteiger partial charge in [0, 0.05) is 0 Å². The van der Waals surface area contributed by atoms with Gasteiger partial charge in [0.1, 0.15) is 9.52 Å². The normalized spacial score (nSPS) is 25.2. The molecular weight excluding hydrogens is 435 g/mol. The van der Waals surface area contributed by atoms with Crippen LogP contribution in [0.3, 0.4) is 0 Å². The molecule has 2 radical (unpaired) electrons. The molecule has 0 nitrogen and oxygen atoms in total. The molecule has 3 heteroatoms. The minimum atomic E-state index is -0.580. The molecule has 31 heavy (non-hydrogen) atoms. The van der Waals surface area contributed by atoms with Crippen LogP contribution in [-0.2, 0) is 8.99 Å². The highest BCUT2D eigenvalue weighted by atomic mass is 35.5. The molecule has 0 heterocycles. The summed E-state index contributed by atoms with van der Waals surface area (Å²) in [7, 11) is 0.307. The van der Waals surface area contributed by atoms with E-state index in [0.29, 0.717) is 21.4 Å². The summed E-state index contributed by atoms with van der Waals surface area (Å²) in [4.78, 5) is 0. The fraction of sp³-hybridized carbons (Fsp3) is 0.429. The zero-order chi connectivity index (χ0) is 22.9. The Kier molecular flexibility index (Phi) is 5.65. The second-order valence-corrected chi connectivity index (χ2v) is 13.3. The highest BCUT2D eigenvalue weighted by molar-refractivity contribution is 6.70. The Labute approximate surface area is 200 Å². The molecule has 2 aromatic rings. The van der Waals surface area contributed by atoms with Gasteiger partial charge in [0.2, 0.25) is 0 Å². The lowest BCUT2D eigenvalue weighted by molar-refractivity contribution is 0.853. The van der Waals surface area contributed by atoms with Gasteiger partial charge in [-0.25, -0.2) is 0 Å². The first-order valence-corrected chi connectivity index (χ1v) is 13.0. The summed E-state index contributed by atoms with van der Waals surface area (Å²) < 4.78 is -1.16. The van der Waals surface area contributed by atoms with Crippen molar-refractivity contribution in [3.05, 3.63) is 80.9 Å². The maximum absolute atomic E-state index is 7.62. The van der Waals surface area contributed by atoms with Crippen molar-refractivity contribution in [1.82, 2.24) is 0 Å². The van der Waals surface area contributed by atoms with E-state index in [1.165, 1.54) is 55.7 Å². The first-order valence-electron chi connectivity index (χ1n) is 11.3. The number of hydrogen-bond acceptors (Lipinski definition) is 0. The molecule has 0 fully saturated rings. The molecule has 0 spiro atoms. The molecular formula is C28H32Cl2Si. The van der Waals surface area contributed by atoms with Crippen molar-refractivity contribution >= 4 is 43.9 Å². The largest absolute Gasteiger partial charge is 0.118 e. The predicted molar refractivity (Wildman–Crippen MR) is 138 cm³/mol. The first kappa shape index (κ1) is 22.9. The molecule has 0 saturated heterocycles. The van der Waals surface area contributed by atoms with Crippen LogP contribution in [0, 0.1) is 0 Å². The first-order chi connectivity index (χ1) is 14.4. The van der Waals surface area contributed by atoms with Gasteiger partial charge in [0.25, 0.3) is 0 Å². The van der Waals surface area contributed by atoms with Gasteiger partial charge in [-0.15, -0.1) is 23.2 Å². The van der Waals surface area contributed by atoms with Gasteiger partial charge in [-0.05, 0) is 95.2 Å². The van der Waals surface area contributed by atoms with Crippen LogP contribution in [0.25, 0.3) is 11.1 Å². The molecule has 0 saturated carbocycles. The molecule has 2 unspecified atom stereocenters. The van der Waals surface area contributed by atoms with Crippen LogP contribution < -0.4 is 0 Å². The molecule has 2 aliphatic carbocycles. The third kappa shape index (κ3) is 3.15. The molecule has 0 aromatic heterocycles. The van der Waals surface area contributed by atoms with E-state index in [0.717, 1.165) is 0 Å². The number of allylic oxidation sites excluding steroid dienone is 4. The predicted octanol–water partition coefficient (Wildman–Crippen LogP) is 8.74. The molecule has 2 atom stereocenters. The Hall–Kier alpha value is -1.28. The second-order valence-electron chi connectivity index (χ2n) is 9.79. The van der Waals surface area contributed by atoms with Gasteiger partial charge in [-0.3, -0.25) is 0 Å². The van der Waals surface area contributed by atoms with Gasteiger partial charge in [0.05, 0.1) is 8.99 Å². The van der Waals surface area contributed by atoms with Crippen molar-refractivity contribution in [2.24, 2.45) is 0 Å². The maximum atomic E-state index is 7.62. The van der Waals surface area contributed by atoms with Crippen molar-refractivity contribution in [1.29, 1.82) is 0 Å². The number of fused-ring (bicyclic) bond motifs is 2. The van der Waals surface area contributed by atoms with Crippen LogP contribution in [0.4, 0.5) is 0 Å². The van der Waals surface area contributed by atoms with Crippen molar-refractivity contribution in [3.8, 4) is 0 Å². The van der Waals surface area contributed by atoms with Crippen molar-refractivity contribution in [3.63, 3.8) is 0 Å². The Morgan fingerprint density at radius 3 is 1.32 bits per heavy atom. The molecule has 2 aliphatic rings. The van der Waals surface area contributed by atoms with Crippen LogP contribution >= 0.6 is 23.2 Å². The summed E-state index contributed by atoms with van der Waals surface area (Å²) in [6.45, 7) is 17.9. The molecule has 0 aliphatic heterocycles. The van der Waals surface area contributed by atoms with Crippen molar-refractivity contribution in [2.45, 2.75) is 76.2 Å². The van der Waals surface area contributed by atoms with Gasteiger partial charge in [-0.2, -0.15) is 0 Å². The third-order valence-electron chi connectivity index (χ3n) is 7.43. The molecule has 0 bridgehead atoms. The van der Waals surface area contributed by atoms with E-state index in [1.807, 2.05) is 0 Å². The van der Waals surface area contributed by atoms with Crippen LogP contribution in [0.5, 0.6) is 0 Å². The molecule has 0 amide bonds. The highest BCUT2D eigenvalue weighted by Gasteiger charge is 2.52. The molecule has 2 aromatic carbocycles. The highest BCUT2D eigenvalue weighted by Crippen LogP contribution is 2.57. The van der Waals surface area contributed by atoms with Gasteiger partial charge >= 0.3 is 0 Å². The smallest absolute Gasteiger partial charge is 0.114 e. The lowest BCUT2D eigenvalue weighted by Crippen LogP contribution is -2.40. The Morgan fingerprint density at radius 2 is 1.00 bits per heavy atom. The Bertz CT molecular complexity index is 1050. The zero-order valence-electron chi connectivity index (χ0n) is 19.9. The fourth-order valence-corrected chi connectivity index (χ4v) is 8.87. The standard InChI is InChI=1S/C28H32Cl2Si/c1-15(2)21-11-9-13-23-25(21)17(5)19(7)27(23,29)31-28(30)20(8)18(6)26-22(16(3)4)12-10-14-24(26)28/h9-16H,1-8H3. The van der Waals surface area contributed by atoms with Gasteiger partial charge in [-0.1, -0.05) is 64.1 Å². The number of hydrogen-bond donors (Lipinski definition) is 0. The summed E-state index contributed by atoms with van der Waals surface area (Å²) in [5, 5.41) is 0. The van der Waals surface area contributed by atoms with E-state index in [1.54, 1.807) is 0 Å². The van der Waals surface area contributed by atoms with E-state index in [2.05, 4.69) is 91.8 Å². The van der Waals surface area contributed by atoms with E-state index in [9.17, 15) is 0 Å². The van der Waals surface area contributed by atoms with Gasteiger partial charge < -0.3 is 0 Å². The van der Waals surface area contributed by atoms with Gasteiger partial charge in [0.15, 0.2) is 0 Å².